The maximum Gasteiger partial charge on any atom is 0.0408 e. The summed E-state index contributed by atoms with van der Waals surface area (Å²) in [5, 5.41) is 3.83. The molecule has 1 aliphatic rings. The summed E-state index contributed by atoms with van der Waals surface area (Å²) in [5.41, 5.74) is 4.30. The van der Waals surface area contributed by atoms with Gasteiger partial charge in [0.2, 0.25) is 0 Å². The molecule has 18 heavy (non-hydrogen) atoms. The van der Waals surface area contributed by atoms with Crippen molar-refractivity contribution in [3.63, 3.8) is 0 Å². The first-order valence-electron chi connectivity index (χ1n) is 7.12. The fourth-order valence-electron chi connectivity index (χ4n) is 3.06. The van der Waals surface area contributed by atoms with E-state index < -0.39 is 0 Å². The summed E-state index contributed by atoms with van der Waals surface area (Å²) < 4.78 is 0. The lowest BCUT2D eigenvalue weighted by molar-refractivity contribution is 0.326. The number of benzene rings is 1. The van der Waals surface area contributed by atoms with Crippen LogP contribution < -0.4 is 5.32 Å². The van der Waals surface area contributed by atoms with E-state index in [-0.39, 0.29) is 5.54 Å². The van der Waals surface area contributed by atoms with E-state index in [1.165, 1.54) is 48.9 Å². The van der Waals surface area contributed by atoms with E-state index in [2.05, 4.69) is 50.0 Å². The zero-order valence-corrected chi connectivity index (χ0v) is 11.8. The summed E-state index contributed by atoms with van der Waals surface area (Å²) in [6.45, 7) is 8.33. The minimum atomic E-state index is 0.249. The molecule has 98 valence electrons. The average Bonchev–Trinajstić information content (AvgIpc) is 2.36. The molecule has 0 aliphatic heterocycles. The van der Waals surface area contributed by atoms with Crippen LogP contribution in [0.25, 0.3) is 0 Å². The van der Waals surface area contributed by atoms with Gasteiger partial charge in [0.05, 0.1) is 0 Å². The molecule has 0 heterocycles. The SMILES string of the molecule is C=CCC1(Nc2cccc(C)c2C)CCCCC1. The Labute approximate surface area is 111 Å². The second-order valence-corrected chi connectivity index (χ2v) is 5.71. The molecule has 1 N–H and O–H groups in total. The maximum atomic E-state index is 3.94. The van der Waals surface area contributed by atoms with Gasteiger partial charge in [-0.2, -0.15) is 0 Å². The van der Waals surface area contributed by atoms with Gasteiger partial charge in [-0.15, -0.1) is 6.58 Å². The number of hydrogen-bond donors (Lipinski definition) is 1. The predicted molar refractivity (Wildman–Crippen MR) is 80.2 cm³/mol. The minimum absolute atomic E-state index is 0.249. The average molecular weight is 243 g/mol. The fourth-order valence-corrected chi connectivity index (χ4v) is 3.06. The van der Waals surface area contributed by atoms with Gasteiger partial charge in [0, 0.05) is 11.2 Å². The van der Waals surface area contributed by atoms with E-state index in [1.807, 2.05) is 0 Å². The van der Waals surface area contributed by atoms with Crippen LogP contribution in [-0.2, 0) is 0 Å². The Kier molecular flexibility index (Phi) is 4.11. The van der Waals surface area contributed by atoms with Crippen LogP contribution in [0.3, 0.4) is 0 Å². The molecule has 1 aromatic carbocycles. The third-order valence-corrected chi connectivity index (χ3v) is 4.35. The van der Waals surface area contributed by atoms with Crippen molar-refractivity contribution in [1.82, 2.24) is 0 Å². The van der Waals surface area contributed by atoms with Crippen molar-refractivity contribution in [3.8, 4) is 0 Å². The van der Waals surface area contributed by atoms with Gasteiger partial charge < -0.3 is 5.32 Å². The van der Waals surface area contributed by atoms with Gasteiger partial charge in [-0.05, 0) is 50.3 Å². The fraction of sp³-hybridized carbons (Fsp3) is 0.529. The molecule has 0 bridgehead atoms. The minimum Gasteiger partial charge on any atom is -0.379 e. The lowest BCUT2D eigenvalue weighted by Crippen LogP contribution is -2.40. The summed E-state index contributed by atoms with van der Waals surface area (Å²) in [6.07, 6.45) is 9.74. The highest BCUT2D eigenvalue weighted by Crippen LogP contribution is 2.35. The number of anilines is 1. The van der Waals surface area contributed by atoms with E-state index in [9.17, 15) is 0 Å². The molecule has 0 saturated heterocycles. The molecule has 0 unspecified atom stereocenters. The second-order valence-electron chi connectivity index (χ2n) is 5.71. The van der Waals surface area contributed by atoms with Gasteiger partial charge in [-0.25, -0.2) is 0 Å². The van der Waals surface area contributed by atoms with Crippen LogP contribution in [0, 0.1) is 13.8 Å². The van der Waals surface area contributed by atoms with Crippen molar-refractivity contribution in [1.29, 1.82) is 0 Å². The molecule has 0 amide bonds. The smallest absolute Gasteiger partial charge is 0.0408 e. The normalized spacial score (nSPS) is 18.3. The summed E-state index contributed by atoms with van der Waals surface area (Å²) in [4.78, 5) is 0. The lowest BCUT2D eigenvalue weighted by atomic mass is 9.79. The third-order valence-electron chi connectivity index (χ3n) is 4.35. The van der Waals surface area contributed by atoms with Crippen molar-refractivity contribution < 1.29 is 0 Å². The molecule has 1 aromatic rings. The van der Waals surface area contributed by atoms with Crippen molar-refractivity contribution in [2.45, 2.75) is 57.9 Å². The first-order valence-corrected chi connectivity index (χ1v) is 7.12. The van der Waals surface area contributed by atoms with Crippen LogP contribution >= 0.6 is 0 Å². The third kappa shape index (κ3) is 2.77. The van der Waals surface area contributed by atoms with Crippen LogP contribution in [0.4, 0.5) is 5.69 Å². The van der Waals surface area contributed by atoms with Gasteiger partial charge in [-0.3, -0.25) is 0 Å². The molecule has 2 rings (SSSR count). The molecule has 1 saturated carbocycles. The number of hydrogen-bond acceptors (Lipinski definition) is 1. The predicted octanol–water partition coefficient (Wildman–Crippen LogP) is 4.99. The first-order chi connectivity index (χ1) is 8.67. The molecule has 0 radical (unpaired) electrons. The Hall–Kier alpha value is -1.24. The van der Waals surface area contributed by atoms with Crippen molar-refractivity contribution >= 4 is 5.69 Å². The summed E-state index contributed by atoms with van der Waals surface area (Å²) in [6, 6.07) is 6.54. The lowest BCUT2D eigenvalue weighted by Gasteiger charge is -2.39. The molecule has 1 heteroatoms. The molecule has 0 aromatic heterocycles. The summed E-state index contributed by atoms with van der Waals surface area (Å²) in [7, 11) is 0. The van der Waals surface area contributed by atoms with Crippen LogP contribution in [0.2, 0.25) is 0 Å². The highest BCUT2D eigenvalue weighted by atomic mass is 15.0. The quantitative estimate of drug-likeness (QED) is 0.734. The highest BCUT2D eigenvalue weighted by molar-refractivity contribution is 5.55. The van der Waals surface area contributed by atoms with E-state index in [1.54, 1.807) is 0 Å². The van der Waals surface area contributed by atoms with Gasteiger partial charge in [0.25, 0.3) is 0 Å². The molecule has 1 fully saturated rings. The van der Waals surface area contributed by atoms with Crippen LogP contribution in [0.1, 0.15) is 49.7 Å². The molecular weight excluding hydrogens is 218 g/mol. The highest BCUT2D eigenvalue weighted by Gasteiger charge is 2.30. The zero-order chi connectivity index (χ0) is 13.0. The summed E-state index contributed by atoms with van der Waals surface area (Å²) in [5.74, 6) is 0. The van der Waals surface area contributed by atoms with Gasteiger partial charge >= 0.3 is 0 Å². The number of aryl methyl sites for hydroxylation is 1. The molecule has 1 aliphatic carbocycles. The monoisotopic (exact) mass is 243 g/mol. The van der Waals surface area contributed by atoms with Crippen LogP contribution in [0.15, 0.2) is 30.9 Å². The molecule has 1 nitrogen and oxygen atoms in total. The molecule has 0 spiro atoms. The van der Waals surface area contributed by atoms with E-state index in [0.29, 0.717) is 0 Å². The van der Waals surface area contributed by atoms with E-state index in [4.69, 9.17) is 0 Å². The Morgan fingerprint density at radius 3 is 2.61 bits per heavy atom. The van der Waals surface area contributed by atoms with Gasteiger partial charge in [0.1, 0.15) is 0 Å². The number of rotatable bonds is 4. The van der Waals surface area contributed by atoms with Crippen molar-refractivity contribution in [2.24, 2.45) is 0 Å². The van der Waals surface area contributed by atoms with E-state index in [0.717, 1.165) is 6.42 Å². The Morgan fingerprint density at radius 2 is 1.94 bits per heavy atom. The van der Waals surface area contributed by atoms with E-state index >= 15 is 0 Å². The van der Waals surface area contributed by atoms with Gasteiger partial charge in [-0.1, -0.05) is 37.5 Å². The first kappa shape index (κ1) is 13.2. The van der Waals surface area contributed by atoms with Crippen molar-refractivity contribution in [3.05, 3.63) is 42.0 Å². The molecule has 0 atom stereocenters. The zero-order valence-electron chi connectivity index (χ0n) is 11.8. The summed E-state index contributed by atoms with van der Waals surface area (Å²) >= 11 is 0. The topological polar surface area (TPSA) is 12.0 Å². The largest absolute Gasteiger partial charge is 0.379 e. The Morgan fingerprint density at radius 1 is 1.22 bits per heavy atom. The Bertz CT molecular complexity index is 414. The van der Waals surface area contributed by atoms with Crippen LogP contribution in [0.5, 0.6) is 0 Å². The molecular formula is C17H25N. The Balaban J connectivity index is 2.22. The number of nitrogens with one attached hydrogen (secondary N) is 1. The van der Waals surface area contributed by atoms with Crippen molar-refractivity contribution in [2.75, 3.05) is 5.32 Å². The van der Waals surface area contributed by atoms with Gasteiger partial charge in [0.15, 0.2) is 0 Å². The van der Waals surface area contributed by atoms with Crippen LogP contribution in [-0.4, -0.2) is 5.54 Å². The maximum absolute atomic E-state index is 3.94. The second kappa shape index (κ2) is 5.60. The standard InChI is InChI=1S/C17H25N/c1-4-11-17(12-6-5-7-13-17)18-16-10-8-9-14(2)15(16)3/h4,8-10,18H,1,5-7,11-13H2,2-3H3.